The number of carbonyl (C=O) groups excluding carboxylic acids is 1. The fraction of sp³-hybridized carbons (Fsp3) is 0.167. The molecule has 4 aromatic rings. The summed E-state index contributed by atoms with van der Waals surface area (Å²) in [5.41, 5.74) is -0.0113. The zero-order chi connectivity index (χ0) is 22.8. The van der Waals surface area contributed by atoms with Gasteiger partial charge < -0.3 is 28.1 Å². The van der Waals surface area contributed by atoms with E-state index in [1.54, 1.807) is 49.6 Å². The third-order valence-electron chi connectivity index (χ3n) is 5.01. The molecular formula is C24H20O8. The molecule has 0 saturated carbocycles. The maximum absolute atomic E-state index is 12.7. The summed E-state index contributed by atoms with van der Waals surface area (Å²) < 4.78 is 32.3. The van der Waals surface area contributed by atoms with Crippen LogP contribution in [-0.2, 0) is 0 Å². The zero-order valence-corrected chi connectivity index (χ0v) is 17.9. The van der Waals surface area contributed by atoms with E-state index in [9.17, 15) is 9.59 Å². The Bertz CT molecular complexity index is 1370. The van der Waals surface area contributed by atoms with E-state index in [0.29, 0.717) is 39.3 Å². The summed E-state index contributed by atoms with van der Waals surface area (Å²) in [5.74, 6) is 1.32. The van der Waals surface area contributed by atoms with Crippen LogP contribution >= 0.6 is 0 Å². The number of rotatable bonds is 6. The highest BCUT2D eigenvalue weighted by atomic mass is 16.5. The van der Waals surface area contributed by atoms with Crippen molar-refractivity contribution in [1.82, 2.24) is 0 Å². The van der Waals surface area contributed by atoms with E-state index in [2.05, 4.69) is 0 Å². The fourth-order valence-corrected chi connectivity index (χ4v) is 3.49. The number of hydrogen-bond donors (Lipinski definition) is 0. The largest absolute Gasteiger partial charge is 0.497 e. The van der Waals surface area contributed by atoms with Gasteiger partial charge in [0.05, 0.1) is 39.4 Å². The molecule has 0 aliphatic heterocycles. The van der Waals surface area contributed by atoms with Gasteiger partial charge in [-0.25, -0.2) is 9.59 Å². The predicted octanol–water partition coefficient (Wildman–Crippen LogP) is 4.20. The van der Waals surface area contributed by atoms with Crippen molar-refractivity contribution in [1.29, 1.82) is 0 Å². The number of hydrogen-bond acceptors (Lipinski definition) is 8. The van der Waals surface area contributed by atoms with Crippen LogP contribution in [0.25, 0.3) is 21.7 Å². The quantitative estimate of drug-likeness (QED) is 0.192. The lowest BCUT2D eigenvalue weighted by Crippen LogP contribution is -2.08. The second-order valence-corrected chi connectivity index (χ2v) is 6.73. The van der Waals surface area contributed by atoms with Crippen LogP contribution in [0.2, 0.25) is 0 Å². The molecule has 1 heterocycles. The third-order valence-corrected chi connectivity index (χ3v) is 5.01. The van der Waals surface area contributed by atoms with Crippen LogP contribution in [0.1, 0.15) is 10.4 Å². The topological polar surface area (TPSA) is 93.4 Å². The molecule has 0 atom stereocenters. The van der Waals surface area contributed by atoms with Gasteiger partial charge in [0.15, 0.2) is 11.5 Å². The minimum absolute atomic E-state index is 0.222. The third kappa shape index (κ3) is 3.56. The molecule has 3 aromatic carbocycles. The van der Waals surface area contributed by atoms with Gasteiger partial charge in [-0.2, -0.15) is 0 Å². The summed E-state index contributed by atoms with van der Waals surface area (Å²) in [5, 5.41) is 1.36. The molecule has 0 amide bonds. The Hall–Kier alpha value is -4.20. The van der Waals surface area contributed by atoms with Gasteiger partial charge in [0.1, 0.15) is 17.1 Å². The van der Waals surface area contributed by atoms with Crippen molar-refractivity contribution in [2.24, 2.45) is 0 Å². The Morgan fingerprint density at radius 3 is 2.06 bits per heavy atom. The van der Waals surface area contributed by atoms with Gasteiger partial charge in [-0.1, -0.05) is 0 Å². The zero-order valence-electron chi connectivity index (χ0n) is 17.9. The maximum Gasteiger partial charge on any atom is 0.344 e. The average molecular weight is 436 g/mol. The van der Waals surface area contributed by atoms with E-state index in [0.717, 1.165) is 0 Å². The van der Waals surface area contributed by atoms with Crippen LogP contribution in [0, 0.1) is 0 Å². The van der Waals surface area contributed by atoms with Crippen LogP contribution in [0.4, 0.5) is 0 Å². The Labute approximate surface area is 182 Å². The molecule has 0 N–H and O–H groups in total. The van der Waals surface area contributed by atoms with E-state index in [1.807, 2.05) is 0 Å². The molecule has 0 unspecified atom stereocenters. The Kier molecular flexibility index (Phi) is 5.59. The van der Waals surface area contributed by atoms with Crippen molar-refractivity contribution in [2.45, 2.75) is 0 Å². The van der Waals surface area contributed by atoms with Gasteiger partial charge in [0.2, 0.25) is 5.75 Å². The molecule has 0 fully saturated rings. The smallest absolute Gasteiger partial charge is 0.344 e. The Morgan fingerprint density at radius 1 is 0.750 bits per heavy atom. The molecule has 0 aliphatic carbocycles. The average Bonchev–Trinajstić information content (AvgIpc) is 2.82. The van der Waals surface area contributed by atoms with E-state index in [1.165, 1.54) is 27.4 Å². The molecule has 0 spiro atoms. The molecule has 164 valence electrons. The standard InChI is InChI=1S/C24H20O8/c1-27-14-7-5-13(6-8-14)23(25)31-15-9-10-16-18(11-15)32-24(26)17-12-19(28-2)21(29-3)22(30-4)20(16)17/h5-12H,1-4H3. The molecule has 1 aromatic heterocycles. The molecule has 4 rings (SSSR count). The highest BCUT2D eigenvalue weighted by Crippen LogP contribution is 2.45. The summed E-state index contributed by atoms with van der Waals surface area (Å²) in [6.45, 7) is 0. The van der Waals surface area contributed by atoms with Gasteiger partial charge in [-0.05, 0) is 42.5 Å². The van der Waals surface area contributed by atoms with Crippen LogP contribution in [0.15, 0.2) is 57.7 Å². The lowest BCUT2D eigenvalue weighted by Gasteiger charge is -2.15. The molecule has 0 radical (unpaired) electrons. The van der Waals surface area contributed by atoms with Gasteiger partial charge >= 0.3 is 11.6 Å². The van der Waals surface area contributed by atoms with E-state index in [-0.39, 0.29) is 16.7 Å². The fourth-order valence-electron chi connectivity index (χ4n) is 3.49. The summed E-state index contributed by atoms with van der Waals surface area (Å²) in [4.78, 5) is 25.2. The first-order valence-electron chi connectivity index (χ1n) is 9.56. The summed E-state index contributed by atoms with van der Waals surface area (Å²) in [6, 6.07) is 12.8. The first kappa shape index (κ1) is 21.0. The molecule has 0 aliphatic rings. The van der Waals surface area contributed by atoms with Gasteiger partial charge in [-0.15, -0.1) is 0 Å². The highest BCUT2D eigenvalue weighted by Gasteiger charge is 2.21. The first-order valence-corrected chi connectivity index (χ1v) is 9.56. The lowest BCUT2D eigenvalue weighted by molar-refractivity contribution is 0.0735. The second kappa shape index (κ2) is 8.50. The maximum atomic E-state index is 12.7. The Morgan fingerprint density at radius 2 is 1.44 bits per heavy atom. The highest BCUT2D eigenvalue weighted by molar-refractivity contribution is 6.10. The van der Waals surface area contributed by atoms with Crippen LogP contribution < -0.4 is 29.3 Å². The number of benzene rings is 3. The summed E-state index contributed by atoms with van der Waals surface area (Å²) in [6.07, 6.45) is 0. The number of fused-ring (bicyclic) bond motifs is 3. The molecular weight excluding hydrogens is 416 g/mol. The van der Waals surface area contributed by atoms with E-state index < -0.39 is 11.6 Å². The lowest BCUT2D eigenvalue weighted by atomic mass is 10.0. The van der Waals surface area contributed by atoms with Crippen molar-refractivity contribution in [3.63, 3.8) is 0 Å². The minimum Gasteiger partial charge on any atom is -0.497 e. The Balaban J connectivity index is 1.81. The van der Waals surface area contributed by atoms with Crippen molar-refractivity contribution >= 4 is 27.7 Å². The van der Waals surface area contributed by atoms with Crippen molar-refractivity contribution < 1.29 is 32.9 Å². The van der Waals surface area contributed by atoms with Gasteiger partial charge in [-0.3, -0.25) is 0 Å². The molecule has 0 saturated heterocycles. The molecule has 0 bridgehead atoms. The molecule has 8 heteroatoms. The van der Waals surface area contributed by atoms with Gasteiger partial charge in [0.25, 0.3) is 0 Å². The van der Waals surface area contributed by atoms with Crippen LogP contribution in [-0.4, -0.2) is 34.4 Å². The predicted molar refractivity (Wildman–Crippen MR) is 118 cm³/mol. The molecule has 8 nitrogen and oxygen atoms in total. The van der Waals surface area contributed by atoms with Crippen LogP contribution in [0.3, 0.4) is 0 Å². The van der Waals surface area contributed by atoms with Crippen molar-refractivity contribution in [3.8, 4) is 28.7 Å². The SMILES string of the molecule is COc1ccc(C(=O)Oc2ccc3c(c2)oc(=O)c2cc(OC)c(OC)c(OC)c23)cc1. The van der Waals surface area contributed by atoms with Crippen LogP contribution in [0.5, 0.6) is 28.7 Å². The van der Waals surface area contributed by atoms with Gasteiger partial charge in [0, 0.05) is 16.8 Å². The van der Waals surface area contributed by atoms with Crippen molar-refractivity contribution in [2.75, 3.05) is 28.4 Å². The second-order valence-electron chi connectivity index (χ2n) is 6.73. The minimum atomic E-state index is -0.592. The monoisotopic (exact) mass is 436 g/mol. The number of methoxy groups -OCH3 is 4. The number of esters is 1. The van der Waals surface area contributed by atoms with Crippen molar-refractivity contribution in [3.05, 3.63) is 64.5 Å². The van der Waals surface area contributed by atoms with E-state index >= 15 is 0 Å². The van der Waals surface area contributed by atoms with E-state index in [4.69, 9.17) is 28.1 Å². The normalized spacial score (nSPS) is 10.8. The number of carbonyl (C=O) groups is 1. The number of ether oxygens (including phenoxy) is 5. The summed E-state index contributed by atoms with van der Waals surface area (Å²) >= 11 is 0. The summed E-state index contributed by atoms with van der Waals surface area (Å²) in [7, 11) is 5.97. The first-order chi connectivity index (χ1) is 15.5. The molecule has 32 heavy (non-hydrogen) atoms.